The topological polar surface area (TPSA) is 99.0 Å². The highest BCUT2D eigenvalue weighted by Crippen LogP contribution is 2.34. The summed E-state index contributed by atoms with van der Waals surface area (Å²) in [6, 6.07) is 11.7. The van der Waals surface area contributed by atoms with E-state index in [-0.39, 0.29) is 23.1 Å². The van der Waals surface area contributed by atoms with Gasteiger partial charge in [0.05, 0.1) is 17.6 Å². The summed E-state index contributed by atoms with van der Waals surface area (Å²) in [7, 11) is -3.03. The minimum atomic E-state index is -4.98. The van der Waals surface area contributed by atoms with E-state index in [4.69, 9.17) is 4.74 Å². The molecule has 4 rings (SSSR count). The third-order valence-electron chi connectivity index (χ3n) is 5.00. The highest BCUT2D eigenvalue weighted by atomic mass is 32.2. The van der Waals surface area contributed by atoms with Gasteiger partial charge in [-0.1, -0.05) is 12.1 Å². The third-order valence-corrected chi connectivity index (χ3v) is 6.79. The third kappa shape index (κ3) is 5.38. The van der Waals surface area contributed by atoms with Crippen molar-refractivity contribution in [3.63, 3.8) is 0 Å². The molecule has 0 saturated heterocycles. The molecule has 12 heteroatoms. The zero-order chi connectivity index (χ0) is 25.2. The zero-order valence-electron chi connectivity index (χ0n) is 18.1. The second kappa shape index (κ2) is 9.29. The van der Waals surface area contributed by atoms with Gasteiger partial charge in [0.25, 0.3) is 5.91 Å². The number of alkyl halides is 3. The second-order valence-electron chi connectivity index (χ2n) is 7.30. The average molecular weight is 505 g/mol. The zero-order valence-corrected chi connectivity index (χ0v) is 18.9. The number of carbonyl (C=O) groups excluding carboxylic acids is 1. The molecule has 0 aliphatic rings. The molecule has 0 saturated carbocycles. The van der Waals surface area contributed by atoms with E-state index in [0.29, 0.717) is 16.8 Å². The first kappa shape index (κ1) is 24.1. The number of hydrogen-bond acceptors (Lipinski definition) is 6. The van der Waals surface area contributed by atoms with Crippen molar-refractivity contribution >= 4 is 21.4 Å². The maximum atomic E-state index is 13.1. The lowest BCUT2D eigenvalue weighted by Gasteiger charge is -2.14. The fourth-order valence-electron chi connectivity index (χ4n) is 3.32. The number of nitrogens with one attached hydrogen (secondary N) is 1. The SMILES string of the molecule is COc1ccc(OC(F)(F)F)cc1S(=O)(=O)c1ccc(CNC(=O)c2ccc3nccn3c2)cc1. The first-order chi connectivity index (χ1) is 16.6. The molecule has 0 unspecified atom stereocenters. The Hall–Kier alpha value is -4.06. The van der Waals surface area contributed by atoms with Gasteiger partial charge in [-0.2, -0.15) is 0 Å². The number of halogens is 3. The van der Waals surface area contributed by atoms with E-state index in [1.807, 2.05) is 0 Å². The van der Waals surface area contributed by atoms with Gasteiger partial charge in [0.1, 0.15) is 22.0 Å². The van der Waals surface area contributed by atoms with Crippen LogP contribution in [0.4, 0.5) is 13.2 Å². The number of sulfone groups is 1. The van der Waals surface area contributed by atoms with Gasteiger partial charge in [0.2, 0.25) is 9.84 Å². The minimum absolute atomic E-state index is 0.124. The quantitative estimate of drug-likeness (QED) is 0.408. The van der Waals surface area contributed by atoms with Crippen LogP contribution in [-0.4, -0.2) is 37.2 Å². The van der Waals surface area contributed by atoms with Crippen molar-refractivity contribution in [2.24, 2.45) is 0 Å². The summed E-state index contributed by atoms with van der Waals surface area (Å²) in [4.78, 5) is 15.9. The molecule has 1 amide bonds. The number of imidazole rings is 1. The fraction of sp³-hybridized carbons (Fsp3) is 0.130. The van der Waals surface area contributed by atoms with Crippen LogP contribution >= 0.6 is 0 Å². The lowest BCUT2D eigenvalue weighted by molar-refractivity contribution is -0.274. The Morgan fingerprint density at radius 2 is 1.83 bits per heavy atom. The Bertz CT molecular complexity index is 1480. The Kier molecular flexibility index (Phi) is 6.39. The van der Waals surface area contributed by atoms with E-state index in [9.17, 15) is 26.4 Å². The maximum Gasteiger partial charge on any atom is 0.573 e. The molecule has 0 aliphatic heterocycles. The van der Waals surface area contributed by atoms with E-state index in [2.05, 4.69) is 15.0 Å². The number of amides is 1. The largest absolute Gasteiger partial charge is 0.573 e. The van der Waals surface area contributed by atoms with Crippen LogP contribution in [-0.2, 0) is 16.4 Å². The van der Waals surface area contributed by atoms with Crippen LogP contribution in [0.25, 0.3) is 5.65 Å². The Morgan fingerprint density at radius 3 is 2.51 bits per heavy atom. The lowest BCUT2D eigenvalue weighted by Crippen LogP contribution is -2.23. The molecule has 1 N–H and O–H groups in total. The highest BCUT2D eigenvalue weighted by Gasteiger charge is 2.32. The van der Waals surface area contributed by atoms with Gasteiger partial charge in [-0.25, -0.2) is 13.4 Å². The van der Waals surface area contributed by atoms with Gasteiger partial charge < -0.3 is 19.2 Å². The number of fused-ring (bicyclic) bond motifs is 1. The number of hydrogen-bond donors (Lipinski definition) is 1. The molecule has 182 valence electrons. The maximum absolute atomic E-state index is 13.1. The van der Waals surface area contributed by atoms with Crippen molar-refractivity contribution in [2.45, 2.75) is 22.7 Å². The van der Waals surface area contributed by atoms with Gasteiger partial charge in [-0.3, -0.25) is 4.79 Å². The van der Waals surface area contributed by atoms with Crippen LogP contribution in [0.2, 0.25) is 0 Å². The number of rotatable bonds is 7. The molecule has 0 atom stereocenters. The summed E-state index contributed by atoms with van der Waals surface area (Å²) in [6.45, 7) is 0.124. The Labute approximate surface area is 197 Å². The molecule has 2 heterocycles. The summed E-state index contributed by atoms with van der Waals surface area (Å²) in [5.41, 5.74) is 1.73. The normalized spacial score (nSPS) is 11.9. The monoisotopic (exact) mass is 505 g/mol. The molecule has 35 heavy (non-hydrogen) atoms. The Morgan fingerprint density at radius 1 is 1.09 bits per heavy atom. The molecular formula is C23H18F3N3O5S. The number of pyridine rings is 1. The van der Waals surface area contributed by atoms with E-state index < -0.39 is 26.8 Å². The van der Waals surface area contributed by atoms with Crippen molar-refractivity contribution < 1.29 is 35.9 Å². The first-order valence-corrected chi connectivity index (χ1v) is 11.5. The van der Waals surface area contributed by atoms with E-state index in [1.54, 1.807) is 35.1 Å². The number of benzene rings is 2. The molecule has 0 spiro atoms. The van der Waals surface area contributed by atoms with E-state index in [0.717, 1.165) is 18.2 Å². The van der Waals surface area contributed by atoms with Crippen LogP contribution in [0.1, 0.15) is 15.9 Å². The van der Waals surface area contributed by atoms with Crippen LogP contribution in [0, 0.1) is 0 Å². The van der Waals surface area contributed by atoms with Crippen molar-refractivity contribution in [3.05, 3.63) is 84.3 Å². The second-order valence-corrected chi connectivity index (χ2v) is 9.22. The van der Waals surface area contributed by atoms with E-state index >= 15 is 0 Å². The molecule has 0 fully saturated rings. The molecule has 0 aliphatic carbocycles. The van der Waals surface area contributed by atoms with Crippen LogP contribution in [0.5, 0.6) is 11.5 Å². The van der Waals surface area contributed by atoms with Crippen molar-refractivity contribution in [2.75, 3.05) is 7.11 Å². The minimum Gasteiger partial charge on any atom is -0.495 e. The standard InChI is InChI=1S/C23H18F3N3O5S/c1-33-19-8-5-17(34-23(24,25)26)12-20(19)35(31,32)18-6-2-15(3-7-18)13-28-22(30)16-4-9-21-27-10-11-29(21)14-16/h2-12,14H,13H2,1H3,(H,28,30). The smallest absolute Gasteiger partial charge is 0.495 e. The molecule has 8 nitrogen and oxygen atoms in total. The molecule has 2 aromatic carbocycles. The van der Waals surface area contributed by atoms with Gasteiger partial charge in [-0.15, -0.1) is 13.2 Å². The number of carbonyl (C=O) groups is 1. The fourth-order valence-corrected chi connectivity index (χ4v) is 4.75. The summed E-state index contributed by atoms with van der Waals surface area (Å²) in [5, 5.41) is 2.74. The lowest BCUT2D eigenvalue weighted by atomic mass is 10.2. The molecule has 4 aromatic rings. The predicted octanol–water partition coefficient (Wildman–Crippen LogP) is 4.00. The van der Waals surface area contributed by atoms with Crippen LogP contribution < -0.4 is 14.8 Å². The van der Waals surface area contributed by atoms with Crippen molar-refractivity contribution in [1.82, 2.24) is 14.7 Å². The summed E-state index contributed by atoms with van der Waals surface area (Å²) < 4.78 is 74.5. The first-order valence-electron chi connectivity index (χ1n) is 10.1. The number of methoxy groups -OCH3 is 1. The molecule has 0 radical (unpaired) electrons. The summed E-state index contributed by atoms with van der Waals surface area (Å²) in [5.74, 6) is -1.15. The number of aromatic nitrogens is 2. The van der Waals surface area contributed by atoms with Gasteiger partial charge in [-0.05, 0) is 42.0 Å². The molecule has 0 bridgehead atoms. The Balaban J connectivity index is 1.50. The van der Waals surface area contributed by atoms with Crippen molar-refractivity contribution in [3.8, 4) is 11.5 Å². The van der Waals surface area contributed by atoms with Crippen LogP contribution in [0.15, 0.2) is 83.0 Å². The summed E-state index contributed by atoms with van der Waals surface area (Å²) >= 11 is 0. The van der Waals surface area contributed by atoms with Gasteiger partial charge >= 0.3 is 6.36 Å². The van der Waals surface area contributed by atoms with Gasteiger partial charge in [0, 0.05) is 31.2 Å². The van der Waals surface area contributed by atoms with Crippen molar-refractivity contribution in [1.29, 1.82) is 0 Å². The summed E-state index contributed by atoms with van der Waals surface area (Å²) in [6.07, 6.45) is -0.0173. The van der Waals surface area contributed by atoms with Crippen LogP contribution in [0.3, 0.4) is 0 Å². The highest BCUT2D eigenvalue weighted by molar-refractivity contribution is 7.91. The number of ether oxygens (including phenoxy) is 2. The average Bonchev–Trinajstić information content (AvgIpc) is 3.30. The van der Waals surface area contributed by atoms with Gasteiger partial charge in [0.15, 0.2) is 0 Å². The molecular weight excluding hydrogens is 487 g/mol. The number of nitrogens with zero attached hydrogens (tertiary/aromatic N) is 2. The molecule has 2 aromatic heterocycles. The van der Waals surface area contributed by atoms with E-state index in [1.165, 1.54) is 31.4 Å². The predicted molar refractivity (Wildman–Crippen MR) is 118 cm³/mol.